The third-order valence-corrected chi connectivity index (χ3v) is 5.74. The SMILES string of the molecule is Cc1nnc(SCc2ccccc2C(=O)NC2CC2)n1-c1cccc(C(F)(F)F)c1. The van der Waals surface area contributed by atoms with Crippen molar-refractivity contribution in [3.63, 3.8) is 0 Å². The molecule has 9 heteroatoms. The van der Waals surface area contributed by atoms with Gasteiger partial charge in [-0.1, -0.05) is 36.0 Å². The highest BCUT2D eigenvalue weighted by Crippen LogP contribution is 2.32. The van der Waals surface area contributed by atoms with Crippen LogP contribution in [-0.2, 0) is 11.9 Å². The molecule has 0 atom stereocenters. The van der Waals surface area contributed by atoms with Gasteiger partial charge in [0.05, 0.1) is 5.56 Å². The van der Waals surface area contributed by atoms with Crippen LogP contribution in [0.1, 0.15) is 40.2 Å². The number of nitrogens with one attached hydrogen (secondary N) is 1. The zero-order chi connectivity index (χ0) is 21.3. The summed E-state index contributed by atoms with van der Waals surface area (Å²) >= 11 is 1.32. The van der Waals surface area contributed by atoms with Crippen molar-refractivity contribution < 1.29 is 18.0 Å². The molecular weight excluding hydrogens is 413 g/mol. The van der Waals surface area contributed by atoms with E-state index >= 15 is 0 Å². The number of carbonyl (C=O) groups is 1. The van der Waals surface area contributed by atoms with Gasteiger partial charge in [-0.05, 0) is 49.6 Å². The van der Waals surface area contributed by atoms with Gasteiger partial charge in [-0.3, -0.25) is 9.36 Å². The first-order valence-corrected chi connectivity index (χ1v) is 10.4. The Morgan fingerprint density at radius 1 is 1.17 bits per heavy atom. The number of rotatable bonds is 6. The van der Waals surface area contributed by atoms with Gasteiger partial charge in [0.15, 0.2) is 5.16 Å². The maximum Gasteiger partial charge on any atom is 0.416 e. The van der Waals surface area contributed by atoms with E-state index in [1.54, 1.807) is 23.6 Å². The van der Waals surface area contributed by atoms with E-state index in [0.29, 0.717) is 28.0 Å². The average molecular weight is 432 g/mol. The predicted octanol–water partition coefficient (Wildman–Crippen LogP) is 4.78. The molecule has 0 aliphatic heterocycles. The molecule has 5 nitrogen and oxygen atoms in total. The summed E-state index contributed by atoms with van der Waals surface area (Å²) in [7, 11) is 0. The van der Waals surface area contributed by atoms with E-state index in [9.17, 15) is 18.0 Å². The summed E-state index contributed by atoms with van der Waals surface area (Å²) in [6, 6.07) is 12.6. The molecule has 156 valence electrons. The summed E-state index contributed by atoms with van der Waals surface area (Å²) in [6.07, 6.45) is -2.43. The van der Waals surface area contributed by atoms with Crippen LogP contribution in [-0.4, -0.2) is 26.7 Å². The van der Waals surface area contributed by atoms with E-state index in [4.69, 9.17) is 0 Å². The Bertz CT molecular complexity index is 1080. The van der Waals surface area contributed by atoms with Crippen molar-refractivity contribution in [2.45, 2.75) is 42.9 Å². The standard InChI is InChI=1S/C21H19F3N4OS/c1-13-26-27-20(28(13)17-7-4-6-15(11-17)21(22,23)24)30-12-14-5-2-3-8-18(14)19(29)25-16-9-10-16/h2-8,11,16H,9-10,12H2,1H3,(H,25,29). The van der Waals surface area contributed by atoms with Gasteiger partial charge in [0.25, 0.3) is 5.91 Å². The second-order valence-electron chi connectivity index (χ2n) is 7.11. The summed E-state index contributed by atoms with van der Waals surface area (Å²) in [4.78, 5) is 12.5. The molecule has 0 unspecified atom stereocenters. The zero-order valence-electron chi connectivity index (χ0n) is 16.1. The second-order valence-corrected chi connectivity index (χ2v) is 8.05. The maximum atomic E-state index is 13.1. The van der Waals surface area contributed by atoms with E-state index in [1.165, 1.54) is 17.8 Å². The maximum absolute atomic E-state index is 13.1. The van der Waals surface area contributed by atoms with Crippen LogP contribution >= 0.6 is 11.8 Å². The van der Waals surface area contributed by atoms with E-state index < -0.39 is 11.7 Å². The van der Waals surface area contributed by atoms with Crippen LogP contribution in [0.2, 0.25) is 0 Å². The van der Waals surface area contributed by atoms with Crippen LogP contribution in [0.4, 0.5) is 13.2 Å². The molecule has 0 spiro atoms. The fourth-order valence-corrected chi connectivity index (χ4v) is 4.06. The van der Waals surface area contributed by atoms with E-state index in [1.807, 2.05) is 18.2 Å². The normalized spacial score (nSPS) is 14.0. The van der Waals surface area contributed by atoms with Crippen molar-refractivity contribution >= 4 is 17.7 Å². The number of halogens is 3. The number of hydrogen-bond acceptors (Lipinski definition) is 4. The zero-order valence-corrected chi connectivity index (χ0v) is 16.9. The Morgan fingerprint density at radius 2 is 1.93 bits per heavy atom. The highest BCUT2D eigenvalue weighted by molar-refractivity contribution is 7.98. The quantitative estimate of drug-likeness (QED) is 0.570. The third kappa shape index (κ3) is 4.51. The number of benzene rings is 2. The molecule has 1 aliphatic carbocycles. The van der Waals surface area contributed by atoms with Crippen molar-refractivity contribution in [1.82, 2.24) is 20.1 Å². The Morgan fingerprint density at radius 3 is 2.67 bits per heavy atom. The number of hydrogen-bond donors (Lipinski definition) is 1. The van der Waals surface area contributed by atoms with Crippen molar-refractivity contribution in [1.29, 1.82) is 0 Å². The first-order chi connectivity index (χ1) is 14.3. The minimum atomic E-state index is -4.43. The number of alkyl halides is 3. The van der Waals surface area contributed by atoms with Gasteiger partial charge in [0.2, 0.25) is 0 Å². The number of thioether (sulfide) groups is 1. The van der Waals surface area contributed by atoms with Crippen LogP contribution in [0.3, 0.4) is 0 Å². The Kier molecular flexibility index (Phi) is 5.55. The third-order valence-electron chi connectivity index (χ3n) is 4.76. The highest BCUT2D eigenvalue weighted by atomic mass is 32.2. The number of aryl methyl sites for hydroxylation is 1. The van der Waals surface area contributed by atoms with Crippen LogP contribution in [0.25, 0.3) is 5.69 Å². The Hall–Kier alpha value is -2.81. The number of aromatic nitrogens is 3. The van der Waals surface area contributed by atoms with Crippen molar-refractivity contribution in [3.05, 3.63) is 71.0 Å². The lowest BCUT2D eigenvalue weighted by atomic mass is 10.1. The van der Waals surface area contributed by atoms with Crippen LogP contribution in [0.15, 0.2) is 53.7 Å². The molecule has 1 heterocycles. The molecule has 1 fully saturated rings. The molecule has 1 saturated carbocycles. The van der Waals surface area contributed by atoms with E-state index in [-0.39, 0.29) is 11.9 Å². The lowest BCUT2D eigenvalue weighted by molar-refractivity contribution is -0.137. The Balaban J connectivity index is 1.58. The monoisotopic (exact) mass is 432 g/mol. The van der Waals surface area contributed by atoms with Gasteiger partial charge in [-0.2, -0.15) is 13.2 Å². The molecule has 0 radical (unpaired) electrons. The average Bonchev–Trinajstić information content (AvgIpc) is 3.46. The number of nitrogens with zero attached hydrogens (tertiary/aromatic N) is 3. The van der Waals surface area contributed by atoms with E-state index in [2.05, 4.69) is 15.5 Å². The lowest BCUT2D eigenvalue weighted by Crippen LogP contribution is -2.26. The minimum Gasteiger partial charge on any atom is -0.349 e. The topological polar surface area (TPSA) is 59.8 Å². The van der Waals surface area contributed by atoms with Crippen molar-refractivity contribution in [2.24, 2.45) is 0 Å². The molecule has 1 amide bonds. The molecular formula is C21H19F3N4OS. The van der Waals surface area contributed by atoms with Crippen molar-refractivity contribution in [2.75, 3.05) is 0 Å². The smallest absolute Gasteiger partial charge is 0.349 e. The van der Waals surface area contributed by atoms with Gasteiger partial charge >= 0.3 is 6.18 Å². The van der Waals surface area contributed by atoms with Crippen LogP contribution in [0.5, 0.6) is 0 Å². The summed E-state index contributed by atoms with van der Waals surface area (Å²) in [5, 5.41) is 11.6. The second kappa shape index (κ2) is 8.14. The fraction of sp³-hybridized carbons (Fsp3) is 0.286. The van der Waals surface area contributed by atoms with Crippen LogP contribution < -0.4 is 5.32 Å². The first kappa shape index (κ1) is 20.5. The molecule has 2 aromatic carbocycles. The largest absolute Gasteiger partial charge is 0.416 e. The van der Waals surface area contributed by atoms with Gasteiger partial charge in [-0.25, -0.2) is 0 Å². The molecule has 1 N–H and O–H groups in total. The number of amides is 1. The predicted molar refractivity (Wildman–Crippen MR) is 108 cm³/mol. The fourth-order valence-electron chi connectivity index (χ4n) is 3.06. The Labute approximate surface area is 175 Å². The van der Waals surface area contributed by atoms with Gasteiger partial charge in [-0.15, -0.1) is 10.2 Å². The van der Waals surface area contributed by atoms with Gasteiger partial charge < -0.3 is 5.32 Å². The molecule has 30 heavy (non-hydrogen) atoms. The molecule has 0 saturated heterocycles. The molecule has 3 aromatic rings. The summed E-state index contributed by atoms with van der Waals surface area (Å²) in [5.41, 5.74) is 1.04. The highest BCUT2D eigenvalue weighted by Gasteiger charge is 2.31. The molecule has 0 bridgehead atoms. The van der Waals surface area contributed by atoms with E-state index in [0.717, 1.165) is 30.5 Å². The van der Waals surface area contributed by atoms with Crippen LogP contribution in [0, 0.1) is 6.92 Å². The minimum absolute atomic E-state index is 0.107. The van der Waals surface area contributed by atoms with Crippen molar-refractivity contribution in [3.8, 4) is 5.69 Å². The number of carbonyl (C=O) groups excluding carboxylic acids is 1. The summed E-state index contributed by atoms with van der Waals surface area (Å²) in [5.74, 6) is 0.812. The molecule has 4 rings (SSSR count). The molecule has 1 aliphatic rings. The van der Waals surface area contributed by atoms with Gasteiger partial charge in [0, 0.05) is 23.0 Å². The lowest BCUT2D eigenvalue weighted by Gasteiger charge is -2.13. The summed E-state index contributed by atoms with van der Waals surface area (Å²) < 4.78 is 40.9. The first-order valence-electron chi connectivity index (χ1n) is 9.44. The summed E-state index contributed by atoms with van der Waals surface area (Å²) in [6.45, 7) is 1.69. The molecule has 1 aromatic heterocycles. The van der Waals surface area contributed by atoms with Gasteiger partial charge in [0.1, 0.15) is 5.82 Å².